The van der Waals surface area contributed by atoms with Crippen LogP contribution in [-0.2, 0) is 36.9 Å². The van der Waals surface area contributed by atoms with Gasteiger partial charge in [0.25, 0.3) is 0 Å². The number of hydrogen-bond donors (Lipinski definition) is 1. The first-order valence-electron chi connectivity index (χ1n) is 4.76. The predicted molar refractivity (Wildman–Crippen MR) is 67.7 cm³/mol. The minimum Gasteiger partial charge on any atom is 0 e. The summed E-state index contributed by atoms with van der Waals surface area (Å²) in [5.41, 5.74) is -0.938. The van der Waals surface area contributed by atoms with Crippen LogP contribution in [0.5, 0.6) is 5.75 Å². The number of rotatable bonds is 3. The van der Waals surface area contributed by atoms with Crippen LogP contribution >= 0.6 is 0 Å². The van der Waals surface area contributed by atoms with E-state index >= 15 is 0 Å². The quantitative estimate of drug-likeness (QED) is 0.396. The monoisotopic (exact) mass is 324 g/mol. The van der Waals surface area contributed by atoms with Gasteiger partial charge in [-0.1, -0.05) is 30.7 Å². The van der Waals surface area contributed by atoms with Gasteiger partial charge >= 0.3 is 33.9 Å². The number of terminal acetylenes is 1. The van der Waals surface area contributed by atoms with E-state index in [-0.39, 0.29) is 17.4 Å². The van der Waals surface area contributed by atoms with E-state index < -0.39 is 5.60 Å². The van der Waals surface area contributed by atoms with Crippen LogP contribution in [0.2, 0.25) is 0 Å². The van der Waals surface area contributed by atoms with Gasteiger partial charge in [-0.05, 0) is 12.1 Å². The molecule has 0 saturated heterocycles. The Balaban J connectivity index is -0.000000183. The Morgan fingerprint density at radius 2 is 1.67 bits per heavy atom. The van der Waals surface area contributed by atoms with Gasteiger partial charge in [0.05, 0.1) is 7.11 Å². The zero-order valence-corrected chi connectivity index (χ0v) is 12.4. The smallest absolute Gasteiger partial charge is 0 e. The van der Waals surface area contributed by atoms with Crippen LogP contribution in [0.1, 0.15) is 5.56 Å². The fourth-order valence-corrected chi connectivity index (χ4v) is 1.21. The molecular formula is C15H12CrO5. The van der Waals surface area contributed by atoms with Gasteiger partial charge in [-0.15, -0.1) is 6.42 Å². The third-order valence-corrected chi connectivity index (χ3v) is 2.03. The molecule has 0 radical (unpaired) electrons. The molecule has 1 aromatic rings. The molecule has 1 aromatic carbocycles. The molecule has 0 aliphatic heterocycles. The van der Waals surface area contributed by atoms with Gasteiger partial charge in [-0.25, -0.2) is 0 Å². The first-order valence-corrected chi connectivity index (χ1v) is 4.76. The molecule has 1 rings (SSSR count). The summed E-state index contributed by atoms with van der Waals surface area (Å²) in [6.07, 6.45) is 6.56. The summed E-state index contributed by atoms with van der Waals surface area (Å²) in [5, 5.41) is 9.98. The molecule has 0 heterocycles. The maximum atomic E-state index is 9.98. The van der Waals surface area contributed by atoms with E-state index in [1.807, 2.05) is 6.07 Å². The maximum absolute atomic E-state index is 9.98. The van der Waals surface area contributed by atoms with Crippen molar-refractivity contribution in [3.05, 3.63) is 62.4 Å². The van der Waals surface area contributed by atoms with Crippen molar-refractivity contribution in [1.29, 1.82) is 0 Å². The fraction of sp³-hybridized carbons (Fsp3) is 0.133. The largest absolute Gasteiger partial charge is 0 e. The Morgan fingerprint density at radius 1 is 1.24 bits per heavy atom. The van der Waals surface area contributed by atoms with Crippen molar-refractivity contribution < 1.29 is 41.2 Å². The molecule has 21 heavy (non-hydrogen) atoms. The van der Waals surface area contributed by atoms with E-state index in [9.17, 15) is 5.11 Å². The van der Waals surface area contributed by atoms with Crippen molar-refractivity contribution in [3.63, 3.8) is 0 Å². The Hall–Kier alpha value is -1.97. The van der Waals surface area contributed by atoms with Crippen molar-refractivity contribution >= 4 is 0 Å². The van der Waals surface area contributed by atoms with Gasteiger partial charge in [0.2, 0.25) is 0 Å². The summed E-state index contributed by atoms with van der Waals surface area (Å²) in [6.45, 7) is 17.0. The zero-order valence-electron chi connectivity index (χ0n) is 11.2. The molecular weight excluding hydrogens is 312 g/mol. The second-order valence-corrected chi connectivity index (χ2v) is 2.82. The number of methoxy groups -OCH3 is 1. The summed E-state index contributed by atoms with van der Waals surface area (Å²) in [4.78, 5) is 0. The summed E-state index contributed by atoms with van der Waals surface area (Å²) in [7, 11) is 1.53. The Kier molecular flexibility index (Phi) is 23.5. The van der Waals surface area contributed by atoms with Crippen LogP contribution in [0.25, 0.3) is 0 Å². The van der Waals surface area contributed by atoms with Gasteiger partial charge < -0.3 is 9.84 Å². The van der Waals surface area contributed by atoms with Gasteiger partial charge in [-0.3, -0.25) is 0 Å². The van der Waals surface area contributed by atoms with Gasteiger partial charge in [-0.2, -0.15) is 0 Å². The summed E-state index contributed by atoms with van der Waals surface area (Å²) >= 11 is 0. The average molecular weight is 324 g/mol. The van der Waals surface area contributed by atoms with Crippen molar-refractivity contribution in [3.8, 4) is 18.1 Å². The number of para-hydroxylation sites is 1. The number of benzene rings is 1. The van der Waals surface area contributed by atoms with Crippen LogP contribution in [0.15, 0.2) is 36.9 Å². The molecule has 0 aliphatic carbocycles. The third kappa shape index (κ3) is 8.74. The summed E-state index contributed by atoms with van der Waals surface area (Å²) in [6, 6.07) is 7.04. The van der Waals surface area contributed by atoms with Gasteiger partial charge in [0.15, 0.2) is 5.60 Å². The molecule has 0 bridgehead atoms. The van der Waals surface area contributed by atoms with Crippen LogP contribution in [0.3, 0.4) is 0 Å². The fourth-order valence-electron chi connectivity index (χ4n) is 1.21. The number of ether oxygens (including phenoxy) is 1. The topological polar surface area (TPSA) is 89.2 Å². The van der Waals surface area contributed by atoms with E-state index in [4.69, 9.17) is 25.1 Å². The van der Waals surface area contributed by atoms with Crippen molar-refractivity contribution in [2.45, 2.75) is 5.60 Å². The van der Waals surface area contributed by atoms with Crippen molar-refractivity contribution in [2.75, 3.05) is 7.11 Å². The third-order valence-electron chi connectivity index (χ3n) is 2.03. The van der Waals surface area contributed by atoms with E-state index in [1.165, 1.54) is 13.2 Å². The SMILES string of the molecule is C#CC(O)(C=C)c1ccccc1OC.[C-]#[O+].[C-]#[O+].[C-]#[O+].[Cr]. The first-order chi connectivity index (χ1) is 9.68. The Labute approximate surface area is 134 Å². The van der Waals surface area contributed by atoms with Gasteiger partial charge in [0, 0.05) is 22.9 Å². The maximum Gasteiger partial charge on any atom is 0 e. The van der Waals surface area contributed by atoms with E-state index in [0.717, 1.165) is 0 Å². The molecule has 108 valence electrons. The second-order valence-electron chi connectivity index (χ2n) is 2.82. The molecule has 0 saturated carbocycles. The number of aliphatic hydroxyl groups is 1. The Morgan fingerprint density at radius 3 is 2.00 bits per heavy atom. The molecule has 1 N–H and O–H groups in total. The van der Waals surface area contributed by atoms with E-state index in [1.54, 1.807) is 18.2 Å². The second kappa shape index (κ2) is 18.0. The minimum atomic E-state index is -1.47. The molecule has 1 atom stereocenters. The van der Waals surface area contributed by atoms with Crippen LogP contribution in [-0.4, -0.2) is 12.2 Å². The van der Waals surface area contributed by atoms with E-state index in [0.29, 0.717) is 11.3 Å². The minimum absolute atomic E-state index is 0. The zero-order chi connectivity index (χ0) is 16.6. The summed E-state index contributed by atoms with van der Waals surface area (Å²) < 4.78 is 27.6. The van der Waals surface area contributed by atoms with Gasteiger partial charge in [0.1, 0.15) is 5.75 Å². The standard InChI is InChI=1S/C12H12O2.3CO.Cr/c1-4-12(13,5-2)10-8-6-7-9-11(10)14-3;3*1-2;/h1,5-9,13H,2H2,3H3;;;;. The summed E-state index contributed by atoms with van der Waals surface area (Å²) in [5.74, 6) is 2.83. The molecule has 0 amide bonds. The van der Waals surface area contributed by atoms with Crippen LogP contribution in [0.4, 0.5) is 0 Å². The van der Waals surface area contributed by atoms with Crippen LogP contribution < -0.4 is 4.74 Å². The number of hydrogen-bond acceptors (Lipinski definition) is 2. The molecule has 0 spiro atoms. The molecule has 5 nitrogen and oxygen atoms in total. The van der Waals surface area contributed by atoms with E-state index in [2.05, 4.69) is 32.5 Å². The molecule has 0 fully saturated rings. The molecule has 0 aromatic heterocycles. The average Bonchev–Trinajstić information content (AvgIpc) is 2.59. The normalized spacial score (nSPS) is 9.48. The predicted octanol–water partition coefficient (Wildman–Crippen LogP) is 1.59. The van der Waals surface area contributed by atoms with Crippen LogP contribution in [0, 0.1) is 32.3 Å². The molecule has 0 aliphatic rings. The Bertz CT molecular complexity index is 485. The van der Waals surface area contributed by atoms with Crippen molar-refractivity contribution in [2.24, 2.45) is 0 Å². The van der Waals surface area contributed by atoms with Crippen molar-refractivity contribution in [1.82, 2.24) is 0 Å². The molecule has 1 unspecified atom stereocenters. The molecule has 6 heteroatoms. The first kappa shape index (κ1) is 27.4.